The molecule has 0 aliphatic heterocycles. The second kappa shape index (κ2) is 7.06. The van der Waals surface area contributed by atoms with Crippen LogP contribution in [0.4, 0.5) is 0 Å². The average molecular weight is 295 g/mol. The van der Waals surface area contributed by atoms with Gasteiger partial charge in [-0.05, 0) is 56.6 Å². The maximum absolute atomic E-state index is 6.45. The van der Waals surface area contributed by atoms with E-state index in [1.165, 1.54) is 29.0 Å². The zero-order valence-electron chi connectivity index (χ0n) is 13.3. The Morgan fingerprint density at radius 1 is 1.30 bits per heavy atom. The van der Waals surface area contributed by atoms with Gasteiger partial charge < -0.3 is 10.5 Å². The van der Waals surface area contributed by atoms with Gasteiger partial charge in [-0.2, -0.15) is 0 Å². The zero-order chi connectivity index (χ0) is 14.7. The molecule has 2 rings (SSSR count). The fraction of sp³-hybridized carbons (Fsp3) is 0.765. The minimum Gasteiger partial charge on any atom is -0.368 e. The van der Waals surface area contributed by atoms with Crippen molar-refractivity contribution >= 4 is 11.3 Å². The number of thiophene rings is 1. The van der Waals surface area contributed by atoms with Crippen molar-refractivity contribution in [2.45, 2.75) is 71.6 Å². The minimum atomic E-state index is 0.0734. The summed E-state index contributed by atoms with van der Waals surface area (Å²) < 4.78 is 6.45. The van der Waals surface area contributed by atoms with Gasteiger partial charge in [0.2, 0.25) is 0 Å². The normalized spacial score (nSPS) is 30.1. The molecular formula is C17H29NOS. The van der Waals surface area contributed by atoms with Gasteiger partial charge in [0.05, 0.1) is 6.10 Å². The molecule has 0 aromatic carbocycles. The van der Waals surface area contributed by atoms with E-state index in [1.807, 2.05) is 11.3 Å². The number of aryl methyl sites for hydroxylation is 1. The number of nitrogens with two attached hydrogens (primary N) is 1. The molecular weight excluding hydrogens is 266 g/mol. The van der Waals surface area contributed by atoms with Crippen LogP contribution >= 0.6 is 11.3 Å². The molecule has 1 aromatic rings. The van der Waals surface area contributed by atoms with Crippen LogP contribution in [-0.2, 0) is 4.74 Å². The quantitative estimate of drug-likeness (QED) is 0.856. The maximum atomic E-state index is 6.45. The second-order valence-electron chi connectivity index (χ2n) is 6.47. The Balaban J connectivity index is 2.05. The van der Waals surface area contributed by atoms with Crippen LogP contribution in [0.5, 0.6) is 0 Å². The zero-order valence-corrected chi connectivity index (χ0v) is 14.1. The Bertz CT molecular complexity index is 417. The van der Waals surface area contributed by atoms with Crippen molar-refractivity contribution in [2.24, 2.45) is 17.6 Å². The molecule has 1 saturated carbocycles. The molecule has 0 spiro atoms. The Morgan fingerprint density at radius 2 is 2.05 bits per heavy atom. The molecule has 0 saturated heterocycles. The molecule has 3 heteroatoms. The predicted octanol–water partition coefficient (Wildman–Crippen LogP) is 4.68. The van der Waals surface area contributed by atoms with Crippen molar-refractivity contribution in [1.29, 1.82) is 0 Å². The standard InChI is InChI=1S/C17H29NOS/c1-5-15(18)17(16-9-7-13(4)20-16)19-14-8-6-11(2)12(3)10-14/h7,9,11-12,14-15,17H,5-6,8,10,18H2,1-4H3. The molecule has 1 heterocycles. The highest BCUT2D eigenvalue weighted by molar-refractivity contribution is 7.12. The van der Waals surface area contributed by atoms with Gasteiger partial charge in [0.15, 0.2) is 0 Å². The molecule has 0 radical (unpaired) electrons. The van der Waals surface area contributed by atoms with Gasteiger partial charge in [0.25, 0.3) is 0 Å². The molecule has 5 atom stereocenters. The molecule has 1 fully saturated rings. The van der Waals surface area contributed by atoms with E-state index >= 15 is 0 Å². The van der Waals surface area contributed by atoms with Crippen LogP contribution in [0.15, 0.2) is 12.1 Å². The van der Waals surface area contributed by atoms with E-state index in [1.54, 1.807) is 0 Å². The fourth-order valence-electron chi connectivity index (χ4n) is 3.03. The summed E-state index contributed by atoms with van der Waals surface area (Å²) in [5.74, 6) is 1.59. The third kappa shape index (κ3) is 3.84. The highest BCUT2D eigenvalue weighted by atomic mass is 32.1. The van der Waals surface area contributed by atoms with Crippen molar-refractivity contribution in [3.63, 3.8) is 0 Å². The summed E-state index contributed by atoms with van der Waals surface area (Å²) in [5, 5.41) is 0. The fourth-order valence-corrected chi connectivity index (χ4v) is 4.02. The highest BCUT2D eigenvalue weighted by Crippen LogP contribution is 2.36. The molecule has 2 N–H and O–H groups in total. The summed E-state index contributed by atoms with van der Waals surface area (Å²) in [6.45, 7) is 9.00. The lowest BCUT2D eigenvalue weighted by molar-refractivity contribution is -0.0579. The number of ether oxygens (including phenoxy) is 1. The van der Waals surface area contributed by atoms with Gasteiger partial charge in [-0.15, -0.1) is 11.3 Å². The summed E-state index contributed by atoms with van der Waals surface area (Å²) in [5.41, 5.74) is 6.32. The summed E-state index contributed by atoms with van der Waals surface area (Å²) in [6, 6.07) is 4.46. The number of hydrogen-bond donors (Lipinski definition) is 1. The SMILES string of the molecule is CCC(N)C(OC1CCC(C)C(C)C1)c1ccc(C)s1. The summed E-state index contributed by atoms with van der Waals surface area (Å²) in [6.07, 6.45) is 5.06. The topological polar surface area (TPSA) is 35.2 Å². The first-order valence-electron chi connectivity index (χ1n) is 7.98. The van der Waals surface area contributed by atoms with Gasteiger partial charge in [-0.1, -0.05) is 20.8 Å². The van der Waals surface area contributed by atoms with Crippen molar-refractivity contribution < 1.29 is 4.74 Å². The van der Waals surface area contributed by atoms with Crippen molar-refractivity contribution in [1.82, 2.24) is 0 Å². The first-order valence-corrected chi connectivity index (χ1v) is 8.80. The van der Waals surface area contributed by atoms with Crippen LogP contribution < -0.4 is 5.73 Å². The van der Waals surface area contributed by atoms with E-state index in [0.717, 1.165) is 18.3 Å². The summed E-state index contributed by atoms with van der Waals surface area (Å²) >= 11 is 1.82. The third-order valence-corrected chi connectivity index (χ3v) is 5.85. The Kier molecular flexibility index (Phi) is 5.65. The second-order valence-corrected chi connectivity index (χ2v) is 7.79. The molecule has 1 aliphatic carbocycles. The van der Waals surface area contributed by atoms with E-state index in [4.69, 9.17) is 10.5 Å². The predicted molar refractivity (Wildman–Crippen MR) is 87.1 cm³/mol. The molecule has 0 bridgehead atoms. The minimum absolute atomic E-state index is 0.0734. The van der Waals surface area contributed by atoms with Crippen LogP contribution in [-0.4, -0.2) is 12.1 Å². The van der Waals surface area contributed by atoms with Gasteiger partial charge in [0.1, 0.15) is 6.10 Å². The van der Waals surface area contributed by atoms with Crippen LogP contribution in [0.3, 0.4) is 0 Å². The van der Waals surface area contributed by atoms with Crippen LogP contribution in [0.2, 0.25) is 0 Å². The van der Waals surface area contributed by atoms with Gasteiger partial charge in [-0.25, -0.2) is 0 Å². The van der Waals surface area contributed by atoms with Crippen LogP contribution in [0.25, 0.3) is 0 Å². The van der Waals surface area contributed by atoms with Crippen LogP contribution in [0.1, 0.15) is 62.3 Å². The van der Waals surface area contributed by atoms with Gasteiger partial charge in [0, 0.05) is 15.8 Å². The van der Waals surface area contributed by atoms with E-state index < -0.39 is 0 Å². The third-order valence-electron chi connectivity index (χ3n) is 4.79. The number of rotatable bonds is 5. The summed E-state index contributed by atoms with van der Waals surface area (Å²) in [7, 11) is 0. The van der Waals surface area contributed by atoms with E-state index in [9.17, 15) is 0 Å². The Morgan fingerprint density at radius 3 is 2.60 bits per heavy atom. The van der Waals surface area contributed by atoms with Crippen molar-refractivity contribution in [3.05, 3.63) is 21.9 Å². The van der Waals surface area contributed by atoms with Crippen LogP contribution in [0, 0.1) is 18.8 Å². The smallest absolute Gasteiger partial charge is 0.107 e. The monoisotopic (exact) mass is 295 g/mol. The highest BCUT2D eigenvalue weighted by Gasteiger charge is 2.30. The Labute approximate surface area is 127 Å². The molecule has 114 valence electrons. The summed E-state index contributed by atoms with van der Waals surface area (Å²) in [4.78, 5) is 2.63. The first kappa shape index (κ1) is 16.0. The molecule has 5 unspecified atom stereocenters. The Hall–Kier alpha value is -0.380. The van der Waals surface area contributed by atoms with Gasteiger partial charge >= 0.3 is 0 Å². The number of hydrogen-bond acceptors (Lipinski definition) is 3. The molecule has 0 amide bonds. The van der Waals surface area contributed by atoms with Crippen molar-refractivity contribution in [2.75, 3.05) is 0 Å². The van der Waals surface area contributed by atoms with E-state index in [-0.39, 0.29) is 12.1 Å². The average Bonchev–Trinajstić information content (AvgIpc) is 2.85. The van der Waals surface area contributed by atoms with E-state index in [2.05, 4.69) is 39.8 Å². The largest absolute Gasteiger partial charge is 0.368 e. The molecule has 2 nitrogen and oxygen atoms in total. The molecule has 1 aliphatic rings. The molecule has 20 heavy (non-hydrogen) atoms. The molecule has 1 aromatic heterocycles. The maximum Gasteiger partial charge on any atom is 0.107 e. The van der Waals surface area contributed by atoms with Gasteiger partial charge in [-0.3, -0.25) is 0 Å². The van der Waals surface area contributed by atoms with E-state index in [0.29, 0.717) is 6.10 Å². The lowest BCUT2D eigenvalue weighted by Gasteiger charge is -2.35. The lowest BCUT2D eigenvalue weighted by Crippen LogP contribution is -2.34. The first-order chi connectivity index (χ1) is 9.51. The van der Waals surface area contributed by atoms with Crippen molar-refractivity contribution in [3.8, 4) is 0 Å². The lowest BCUT2D eigenvalue weighted by atomic mass is 9.80.